The minimum absolute atomic E-state index is 0.0747. The van der Waals surface area contributed by atoms with Gasteiger partial charge in [-0.15, -0.1) is 11.3 Å². The summed E-state index contributed by atoms with van der Waals surface area (Å²) in [6.07, 6.45) is 2.24. The first-order chi connectivity index (χ1) is 7.06. The molecule has 2 nitrogen and oxygen atoms in total. The molecular formula is C11H14BrNOS. The Morgan fingerprint density at radius 2 is 2.27 bits per heavy atom. The molecule has 2 rings (SSSR count). The zero-order valence-corrected chi connectivity index (χ0v) is 11.2. The fourth-order valence-corrected chi connectivity index (χ4v) is 3.29. The van der Waals surface area contributed by atoms with Crippen LogP contribution < -0.4 is 5.32 Å². The Morgan fingerprint density at radius 3 is 2.73 bits per heavy atom. The van der Waals surface area contributed by atoms with Crippen molar-refractivity contribution in [3.8, 4) is 0 Å². The SMILES string of the molecule is Cc1cc(C(=O)NC2CC(C)C2)sc1Br. The highest BCUT2D eigenvalue weighted by Crippen LogP contribution is 2.29. The highest BCUT2D eigenvalue weighted by atomic mass is 79.9. The van der Waals surface area contributed by atoms with E-state index in [2.05, 4.69) is 28.2 Å². The lowest BCUT2D eigenvalue weighted by Gasteiger charge is -2.33. The number of aryl methyl sites for hydroxylation is 1. The van der Waals surface area contributed by atoms with Crippen LogP contribution in [-0.2, 0) is 0 Å². The van der Waals surface area contributed by atoms with Crippen molar-refractivity contribution in [3.05, 3.63) is 20.3 Å². The zero-order valence-electron chi connectivity index (χ0n) is 8.84. The summed E-state index contributed by atoms with van der Waals surface area (Å²) in [7, 11) is 0. The normalized spacial score (nSPS) is 24.7. The largest absolute Gasteiger partial charge is 0.349 e. The van der Waals surface area contributed by atoms with Crippen molar-refractivity contribution in [3.63, 3.8) is 0 Å². The second kappa shape index (κ2) is 4.26. The minimum Gasteiger partial charge on any atom is -0.349 e. The van der Waals surface area contributed by atoms with Crippen molar-refractivity contribution in [1.29, 1.82) is 0 Å². The van der Waals surface area contributed by atoms with Crippen LogP contribution in [0.25, 0.3) is 0 Å². The fraction of sp³-hybridized carbons (Fsp3) is 0.545. The molecule has 0 unspecified atom stereocenters. The van der Waals surface area contributed by atoms with Crippen LogP contribution in [-0.4, -0.2) is 11.9 Å². The Bertz CT molecular complexity index is 362. The summed E-state index contributed by atoms with van der Waals surface area (Å²) in [5, 5.41) is 3.05. The molecule has 15 heavy (non-hydrogen) atoms. The highest BCUT2D eigenvalue weighted by molar-refractivity contribution is 9.11. The van der Waals surface area contributed by atoms with Gasteiger partial charge in [-0.05, 0) is 53.2 Å². The van der Waals surface area contributed by atoms with Crippen LogP contribution >= 0.6 is 27.3 Å². The average Bonchev–Trinajstić information content (AvgIpc) is 2.44. The molecular weight excluding hydrogens is 274 g/mol. The first-order valence-corrected chi connectivity index (χ1v) is 6.74. The summed E-state index contributed by atoms with van der Waals surface area (Å²) in [5.41, 5.74) is 1.13. The van der Waals surface area contributed by atoms with E-state index in [1.165, 1.54) is 11.3 Å². The number of hydrogen-bond donors (Lipinski definition) is 1. The van der Waals surface area contributed by atoms with Gasteiger partial charge in [0.05, 0.1) is 8.66 Å². The predicted octanol–water partition coefficient (Wildman–Crippen LogP) is 3.35. The predicted molar refractivity (Wildman–Crippen MR) is 66.4 cm³/mol. The molecule has 1 N–H and O–H groups in total. The standard InChI is InChI=1S/C11H14BrNOS/c1-6-3-8(4-6)13-11(14)9-5-7(2)10(12)15-9/h5-6,8H,3-4H2,1-2H3,(H,13,14). The highest BCUT2D eigenvalue weighted by Gasteiger charge is 2.27. The van der Waals surface area contributed by atoms with Gasteiger partial charge in [-0.2, -0.15) is 0 Å². The van der Waals surface area contributed by atoms with Crippen molar-refractivity contribution < 1.29 is 4.79 Å². The van der Waals surface area contributed by atoms with Crippen LogP contribution in [0.3, 0.4) is 0 Å². The van der Waals surface area contributed by atoms with Crippen LogP contribution in [0.4, 0.5) is 0 Å². The van der Waals surface area contributed by atoms with Crippen molar-refractivity contribution >= 4 is 33.2 Å². The Balaban J connectivity index is 1.96. The Hall–Kier alpha value is -0.350. The number of carbonyl (C=O) groups excluding carboxylic acids is 1. The van der Waals surface area contributed by atoms with Gasteiger partial charge in [0.25, 0.3) is 5.91 Å². The molecule has 0 radical (unpaired) electrons. The topological polar surface area (TPSA) is 29.1 Å². The molecule has 1 heterocycles. The second-order valence-electron chi connectivity index (χ2n) is 4.31. The third-order valence-corrected chi connectivity index (χ3v) is 4.93. The van der Waals surface area contributed by atoms with Gasteiger partial charge in [-0.25, -0.2) is 0 Å². The van der Waals surface area contributed by atoms with E-state index in [-0.39, 0.29) is 5.91 Å². The van der Waals surface area contributed by atoms with Gasteiger partial charge >= 0.3 is 0 Å². The van der Waals surface area contributed by atoms with E-state index in [1.807, 2.05) is 13.0 Å². The molecule has 1 amide bonds. The molecule has 4 heteroatoms. The van der Waals surface area contributed by atoms with Gasteiger partial charge < -0.3 is 5.32 Å². The van der Waals surface area contributed by atoms with Gasteiger partial charge in [0.15, 0.2) is 0 Å². The van der Waals surface area contributed by atoms with Gasteiger partial charge in [0.1, 0.15) is 0 Å². The summed E-state index contributed by atoms with van der Waals surface area (Å²) in [6.45, 7) is 4.22. The van der Waals surface area contributed by atoms with Gasteiger partial charge in [-0.1, -0.05) is 6.92 Å². The van der Waals surface area contributed by atoms with Gasteiger partial charge in [0, 0.05) is 6.04 Å². The molecule has 0 aliphatic heterocycles. The first-order valence-electron chi connectivity index (χ1n) is 5.13. The van der Waals surface area contributed by atoms with Crippen LogP contribution in [0.1, 0.15) is 35.0 Å². The van der Waals surface area contributed by atoms with Crippen molar-refractivity contribution in [2.45, 2.75) is 32.7 Å². The van der Waals surface area contributed by atoms with E-state index in [1.54, 1.807) is 0 Å². The molecule has 1 aromatic heterocycles. The minimum atomic E-state index is 0.0747. The van der Waals surface area contributed by atoms with Crippen molar-refractivity contribution in [2.24, 2.45) is 5.92 Å². The van der Waals surface area contributed by atoms with Crippen LogP contribution in [0.5, 0.6) is 0 Å². The molecule has 82 valence electrons. The summed E-state index contributed by atoms with van der Waals surface area (Å²) >= 11 is 4.93. The maximum absolute atomic E-state index is 11.8. The van der Waals surface area contributed by atoms with E-state index in [9.17, 15) is 4.79 Å². The Kier molecular flexibility index (Phi) is 3.16. The quantitative estimate of drug-likeness (QED) is 0.888. The number of nitrogens with one attached hydrogen (secondary N) is 1. The van der Waals surface area contributed by atoms with Gasteiger partial charge in [0.2, 0.25) is 0 Å². The fourth-order valence-electron chi connectivity index (χ4n) is 1.85. The van der Waals surface area contributed by atoms with Crippen molar-refractivity contribution in [2.75, 3.05) is 0 Å². The number of halogens is 1. The smallest absolute Gasteiger partial charge is 0.261 e. The van der Waals surface area contributed by atoms with E-state index < -0.39 is 0 Å². The maximum Gasteiger partial charge on any atom is 0.261 e. The molecule has 1 aliphatic rings. The van der Waals surface area contributed by atoms with Crippen LogP contribution in [0.15, 0.2) is 9.85 Å². The molecule has 0 spiro atoms. The molecule has 0 saturated heterocycles. The molecule has 0 bridgehead atoms. The number of thiophene rings is 1. The molecule has 0 aromatic carbocycles. The summed E-state index contributed by atoms with van der Waals surface area (Å²) < 4.78 is 1.05. The number of rotatable bonds is 2. The Morgan fingerprint density at radius 1 is 1.60 bits per heavy atom. The van der Waals surface area contributed by atoms with E-state index in [0.717, 1.165) is 33.0 Å². The molecule has 1 fully saturated rings. The second-order valence-corrected chi connectivity index (χ2v) is 6.68. The molecule has 0 atom stereocenters. The summed E-state index contributed by atoms with van der Waals surface area (Å²) in [6, 6.07) is 2.33. The van der Waals surface area contributed by atoms with E-state index in [0.29, 0.717) is 6.04 Å². The average molecular weight is 288 g/mol. The van der Waals surface area contributed by atoms with Crippen LogP contribution in [0.2, 0.25) is 0 Å². The van der Waals surface area contributed by atoms with Gasteiger partial charge in [-0.3, -0.25) is 4.79 Å². The summed E-state index contributed by atoms with van der Waals surface area (Å²) in [5.74, 6) is 0.845. The monoisotopic (exact) mass is 287 g/mol. The molecule has 1 aromatic rings. The third kappa shape index (κ3) is 2.42. The number of carbonyl (C=O) groups is 1. The molecule has 1 saturated carbocycles. The Labute approximate surface area is 102 Å². The third-order valence-electron chi connectivity index (χ3n) is 2.79. The van der Waals surface area contributed by atoms with Crippen LogP contribution in [0, 0.1) is 12.8 Å². The number of amides is 1. The molecule has 1 aliphatic carbocycles. The maximum atomic E-state index is 11.8. The zero-order chi connectivity index (χ0) is 11.0. The first kappa shape index (κ1) is 11.1. The lowest BCUT2D eigenvalue weighted by atomic mass is 9.82. The van der Waals surface area contributed by atoms with Crippen molar-refractivity contribution in [1.82, 2.24) is 5.32 Å². The number of hydrogen-bond acceptors (Lipinski definition) is 2. The lowest BCUT2D eigenvalue weighted by Crippen LogP contribution is -2.43. The van der Waals surface area contributed by atoms with E-state index in [4.69, 9.17) is 0 Å². The lowest BCUT2D eigenvalue weighted by molar-refractivity contribution is 0.0900. The summed E-state index contributed by atoms with van der Waals surface area (Å²) in [4.78, 5) is 12.6. The van der Waals surface area contributed by atoms with E-state index >= 15 is 0 Å².